The molecule has 0 atom stereocenters. The molecule has 3 heteroatoms. The molecule has 0 fully saturated rings. The van der Waals surface area contributed by atoms with Gasteiger partial charge < -0.3 is 10.6 Å². The predicted molar refractivity (Wildman–Crippen MR) is 74.8 cm³/mol. The van der Waals surface area contributed by atoms with E-state index >= 15 is 0 Å². The largest absolute Gasteiger partial charge is 0.373 e. The topological polar surface area (TPSA) is 29.3 Å². The van der Waals surface area contributed by atoms with Gasteiger partial charge in [0.1, 0.15) is 0 Å². The molecule has 90 valence electrons. The van der Waals surface area contributed by atoms with Crippen molar-refractivity contribution < 1.29 is 0 Å². The lowest BCUT2D eigenvalue weighted by atomic mass is 9.96. The Bertz CT molecular complexity index is 355. The molecule has 2 N–H and O–H groups in total. The van der Waals surface area contributed by atoms with Crippen molar-refractivity contribution >= 4 is 21.6 Å². The summed E-state index contributed by atoms with van der Waals surface area (Å²) in [5.74, 6) is 0. The molecule has 0 aliphatic carbocycles. The molecule has 0 saturated heterocycles. The van der Waals surface area contributed by atoms with Gasteiger partial charge in [-0.05, 0) is 39.0 Å². The van der Waals surface area contributed by atoms with Crippen LogP contribution in [0.25, 0.3) is 0 Å². The highest BCUT2D eigenvalue weighted by Gasteiger charge is 2.15. The van der Waals surface area contributed by atoms with E-state index in [4.69, 9.17) is 5.73 Å². The minimum Gasteiger partial charge on any atom is -0.373 e. The molecule has 0 radical (unpaired) electrons. The molecule has 0 heterocycles. The van der Waals surface area contributed by atoms with Crippen molar-refractivity contribution in [1.29, 1.82) is 0 Å². The van der Waals surface area contributed by atoms with Crippen molar-refractivity contribution in [3.05, 3.63) is 28.2 Å². The number of benzene rings is 1. The average Bonchev–Trinajstić information content (AvgIpc) is 2.14. The number of anilines is 1. The summed E-state index contributed by atoms with van der Waals surface area (Å²) >= 11 is 3.60. The van der Waals surface area contributed by atoms with Gasteiger partial charge in [-0.1, -0.05) is 26.8 Å². The van der Waals surface area contributed by atoms with E-state index in [9.17, 15) is 0 Å². The quantitative estimate of drug-likeness (QED) is 0.922. The van der Waals surface area contributed by atoms with Crippen LogP contribution in [0.1, 0.15) is 26.3 Å². The molecule has 2 nitrogen and oxygen atoms in total. The van der Waals surface area contributed by atoms with Crippen molar-refractivity contribution in [3.8, 4) is 0 Å². The van der Waals surface area contributed by atoms with Gasteiger partial charge in [-0.2, -0.15) is 0 Å². The number of nitrogens with zero attached hydrogens (tertiary/aromatic N) is 1. The molecule has 1 aromatic carbocycles. The summed E-state index contributed by atoms with van der Waals surface area (Å²) in [7, 11) is 2.12. The van der Waals surface area contributed by atoms with Crippen molar-refractivity contribution in [2.24, 2.45) is 11.1 Å². The summed E-state index contributed by atoms with van der Waals surface area (Å²) in [5, 5.41) is 0. The molecule has 0 spiro atoms. The van der Waals surface area contributed by atoms with Crippen molar-refractivity contribution in [1.82, 2.24) is 0 Å². The molecule has 0 unspecified atom stereocenters. The number of hydrogen-bond donors (Lipinski definition) is 1. The monoisotopic (exact) mass is 284 g/mol. The molecule has 0 bridgehead atoms. The molecular weight excluding hydrogens is 264 g/mol. The molecule has 1 aromatic rings. The molecule has 0 aliphatic heterocycles. The Morgan fingerprint density at radius 1 is 1.31 bits per heavy atom. The van der Waals surface area contributed by atoms with E-state index in [1.165, 1.54) is 5.69 Å². The van der Waals surface area contributed by atoms with Gasteiger partial charge >= 0.3 is 0 Å². The SMILES string of the molecule is CN(CC(C)(C)C)c1ccc(CN)cc1Br. The predicted octanol–water partition coefficient (Wildman–Crippen LogP) is 3.39. The van der Waals surface area contributed by atoms with E-state index in [0.29, 0.717) is 12.0 Å². The van der Waals surface area contributed by atoms with Gasteiger partial charge in [-0.3, -0.25) is 0 Å². The van der Waals surface area contributed by atoms with Crippen LogP contribution < -0.4 is 10.6 Å². The number of rotatable bonds is 3. The fourth-order valence-corrected chi connectivity index (χ4v) is 2.51. The van der Waals surface area contributed by atoms with Crippen LogP contribution >= 0.6 is 15.9 Å². The Labute approximate surface area is 107 Å². The highest BCUT2D eigenvalue weighted by atomic mass is 79.9. The Morgan fingerprint density at radius 2 is 1.94 bits per heavy atom. The Morgan fingerprint density at radius 3 is 2.38 bits per heavy atom. The summed E-state index contributed by atoms with van der Waals surface area (Å²) < 4.78 is 1.11. The van der Waals surface area contributed by atoms with Crippen LogP contribution in [-0.4, -0.2) is 13.6 Å². The standard InChI is InChI=1S/C13H21BrN2/c1-13(2,3)9-16(4)12-6-5-10(8-15)7-11(12)14/h5-7H,8-9,15H2,1-4H3. The molecule has 1 rings (SSSR count). The van der Waals surface area contributed by atoms with Crippen LogP contribution in [0.5, 0.6) is 0 Å². The second-order valence-electron chi connectivity index (χ2n) is 5.41. The van der Waals surface area contributed by atoms with Crippen LogP contribution in [0.2, 0.25) is 0 Å². The van der Waals surface area contributed by atoms with E-state index in [1.807, 2.05) is 0 Å². The minimum atomic E-state index is 0.292. The third-order valence-electron chi connectivity index (χ3n) is 2.37. The van der Waals surface area contributed by atoms with E-state index in [-0.39, 0.29) is 0 Å². The molecule has 0 saturated carbocycles. The van der Waals surface area contributed by atoms with Crippen LogP contribution in [0, 0.1) is 5.41 Å². The van der Waals surface area contributed by atoms with Gasteiger partial charge in [0.2, 0.25) is 0 Å². The second kappa shape index (κ2) is 5.19. The van der Waals surface area contributed by atoms with Crippen molar-refractivity contribution in [3.63, 3.8) is 0 Å². The zero-order valence-electron chi connectivity index (χ0n) is 10.5. The maximum absolute atomic E-state index is 5.61. The van der Waals surface area contributed by atoms with E-state index in [2.05, 4.69) is 66.8 Å². The number of halogens is 1. The average molecular weight is 285 g/mol. The van der Waals surface area contributed by atoms with Crippen molar-refractivity contribution in [2.75, 3.05) is 18.5 Å². The van der Waals surface area contributed by atoms with Gasteiger partial charge in [-0.25, -0.2) is 0 Å². The van der Waals surface area contributed by atoms with Crippen LogP contribution in [0.15, 0.2) is 22.7 Å². The van der Waals surface area contributed by atoms with E-state index in [0.717, 1.165) is 16.6 Å². The lowest BCUT2D eigenvalue weighted by Crippen LogP contribution is -2.29. The fraction of sp³-hybridized carbons (Fsp3) is 0.538. The third-order valence-corrected chi connectivity index (χ3v) is 3.01. The lowest BCUT2D eigenvalue weighted by molar-refractivity contribution is 0.419. The van der Waals surface area contributed by atoms with Gasteiger partial charge in [0, 0.05) is 24.6 Å². The summed E-state index contributed by atoms with van der Waals surface area (Å²) in [6.07, 6.45) is 0. The van der Waals surface area contributed by atoms with Crippen molar-refractivity contribution in [2.45, 2.75) is 27.3 Å². The molecular formula is C13H21BrN2. The van der Waals surface area contributed by atoms with Crippen LogP contribution in [0.3, 0.4) is 0 Å². The normalized spacial score (nSPS) is 11.6. The Kier molecular flexibility index (Phi) is 4.39. The molecule has 0 amide bonds. The third kappa shape index (κ3) is 3.80. The van der Waals surface area contributed by atoms with E-state index in [1.54, 1.807) is 0 Å². The minimum absolute atomic E-state index is 0.292. The lowest BCUT2D eigenvalue weighted by Gasteiger charge is -2.29. The van der Waals surface area contributed by atoms with Crippen LogP contribution in [-0.2, 0) is 6.54 Å². The first-order chi connectivity index (χ1) is 7.33. The zero-order valence-corrected chi connectivity index (χ0v) is 12.1. The zero-order chi connectivity index (χ0) is 12.3. The number of nitrogens with two attached hydrogens (primary N) is 1. The molecule has 0 aliphatic rings. The first kappa shape index (κ1) is 13.5. The van der Waals surface area contributed by atoms with Gasteiger partial charge in [0.15, 0.2) is 0 Å². The summed E-state index contributed by atoms with van der Waals surface area (Å²) in [6, 6.07) is 6.30. The maximum Gasteiger partial charge on any atom is 0.0508 e. The van der Waals surface area contributed by atoms with Gasteiger partial charge in [0.05, 0.1) is 5.69 Å². The Balaban J connectivity index is 2.88. The first-order valence-electron chi connectivity index (χ1n) is 5.53. The highest BCUT2D eigenvalue weighted by Crippen LogP contribution is 2.28. The molecule has 0 aromatic heterocycles. The second-order valence-corrected chi connectivity index (χ2v) is 6.26. The maximum atomic E-state index is 5.61. The Hall–Kier alpha value is -0.540. The summed E-state index contributed by atoms with van der Waals surface area (Å²) in [6.45, 7) is 8.33. The summed E-state index contributed by atoms with van der Waals surface area (Å²) in [4.78, 5) is 2.27. The van der Waals surface area contributed by atoms with Crippen LogP contribution in [0.4, 0.5) is 5.69 Å². The smallest absolute Gasteiger partial charge is 0.0508 e. The summed E-state index contributed by atoms with van der Waals surface area (Å²) in [5.41, 5.74) is 8.27. The van der Waals surface area contributed by atoms with Gasteiger partial charge in [-0.15, -0.1) is 0 Å². The fourth-order valence-electron chi connectivity index (χ4n) is 1.78. The molecule has 16 heavy (non-hydrogen) atoms. The highest BCUT2D eigenvalue weighted by molar-refractivity contribution is 9.10. The van der Waals surface area contributed by atoms with E-state index < -0.39 is 0 Å². The van der Waals surface area contributed by atoms with Gasteiger partial charge in [0.25, 0.3) is 0 Å². The number of hydrogen-bond acceptors (Lipinski definition) is 2. The first-order valence-corrected chi connectivity index (χ1v) is 6.32.